The Kier molecular flexibility index (Phi) is 5.77. The van der Waals surface area contributed by atoms with Gasteiger partial charge in [-0.15, -0.1) is 0 Å². The minimum absolute atomic E-state index is 0.138. The molecule has 140 valence electrons. The molecule has 0 atom stereocenters. The third kappa shape index (κ3) is 4.89. The Morgan fingerprint density at radius 1 is 0.963 bits per heavy atom. The van der Waals surface area contributed by atoms with Crippen LogP contribution in [0.4, 0.5) is 11.4 Å². The number of benzene rings is 1. The molecule has 27 heavy (non-hydrogen) atoms. The summed E-state index contributed by atoms with van der Waals surface area (Å²) in [5, 5.41) is 5.37. The van der Waals surface area contributed by atoms with Crippen LogP contribution in [0.2, 0.25) is 0 Å². The van der Waals surface area contributed by atoms with E-state index in [9.17, 15) is 14.4 Å². The van der Waals surface area contributed by atoms with Gasteiger partial charge in [0.25, 0.3) is 11.8 Å². The lowest BCUT2D eigenvalue weighted by Gasteiger charge is -2.26. The Morgan fingerprint density at radius 2 is 1.59 bits per heavy atom. The highest BCUT2D eigenvalue weighted by atomic mass is 16.5. The number of aromatic nitrogens is 1. The van der Waals surface area contributed by atoms with Crippen molar-refractivity contribution >= 4 is 29.1 Å². The third-order valence-corrected chi connectivity index (χ3v) is 3.94. The van der Waals surface area contributed by atoms with Crippen LogP contribution in [0.1, 0.15) is 27.9 Å². The fourth-order valence-electron chi connectivity index (χ4n) is 2.68. The van der Waals surface area contributed by atoms with Crippen LogP contribution in [0, 0.1) is 0 Å². The smallest absolute Gasteiger partial charge is 0.274 e. The van der Waals surface area contributed by atoms with Gasteiger partial charge in [-0.25, -0.2) is 4.98 Å². The molecule has 3 rings (SSSR count). The van der Waals surface area contributed by atoms with Crippen LogP contribution < -0.4 is 10.6 Å². The average Bonchev–Trinajstić information content (AvgIpc) is 2.68. The Balaban J connectivity index is 1.72. The maximum Gasteiger partial charge on any atom is 0.274 e. The van der Waals surface area contributed by atoms with Gasteiger partial charge in [-0.3, -0.25) is 14.4 Å². The molecule has 1 aromatic heterocycles. The van der Waals surface area contributed by atoms with Crippen molar-refractivity contribution in [1.29, 1.82) is 0 Å². The molecule has 3 amide bonds. The van der Waals surface area contributed by atoms with Crippen LogP contribution in [-0.4, -0.2) is 53.9 Å². The van der Waals surface area contributed by atoms with Crippen LogP contribution in [0.25, 0.3) is 0 Å². The first-order valence-electron chi connectivity index (χ1n) is 8.56. The fourth-order valence-corrected chi connectivity index (χ4v) is 2.68. The van der Waals surface area contributed by atoms with E-state index in [1.807, 2.05) is 0 Å². The van der Waals surface area contributed by atoms with Crippen molar-refractivity contribution in [2.75, 3.05) is 36.9 Å². The lowest BCUT2D eigenvalue weighted by atomic mass is 10.2. The van der Waals surface area contributed by atoms with E-state index < -0.39 is 5.91 Å². The zero-order valence-electron chi connectivity index (χ0n) is 14.9. The van der Waals surface area contributed by atoms with Crippen LogP contribution in [-0.2, 0) is 9.53 Å². The molecule has 2 aromatic rings. The van der Waals surface area contributed by atoms with Gasteiger partial charge >= 0.3 is 0 Å². The van der Waals surface area contributed by atoms with Crippen LogP contribution in [0.3, 0.4) is 0 Å². The van der Waals surface area contributed by atoms with Crippen molar-refractivity contribution in [1.82, 2.24) is 9.88 Å². The van der Waals surface area contributed by atoms with Gasteiger partial charge < -0.3 is 20.3 Å². The van der Waals surface area contributed by atoms with E-state index in [0.717, 1.165) is 0 Å². The standard InChI is InChI=1S/C19H20N4O4/c1-13(24)20-14-4-2-5-15(12-14)21-18(25)16-6-3-7-17(22-16)19(26)23-8-10-27-11-9-23/h2-7,12H,8-11H2,1H3,(H,20,24)(H,21,25). The maximum atomic E-state index is 12.5. The lowest BCUT2D eigenvalue weighted by Crippen LogP contribution is -2.41. The number of nitrogens with zero attached hydrogens (tertiary/aromatic N) is 2. The molecular weight excluding hydrogens is 348 g/mol. The molecule has 0 aliphatic carbocycles. The molecule has 1 aromatic carbocycles. The number of rotatable bonds is 4. The normalized spacial score (nSPS) is 13.7. The number of amides is 3. The largest absolute Gasteiger partial charge is 0.378 e. The molecule has 8 nitrogen and oxygen atoms in total. The van der Waals surface area contributed by atoms with E-state index >= 15 is 0 Å². The first-order valence-corrected chi connectivity index (χ1v) is 8.56. The molecule has 8 heteroatoms. The molecule has 2 N–H and O–H groups in total. The lowest BCUT2D eigenvalue weighted by molar-refractivity contribution is -0.114. The summed E-state index contributed by atoms with van der Waals surface area (Å²) in [5.74, 6) is -0.860. The number of morpholine rings is 1. The van der Waals surface area contributed by atoms with E-state index in [1.54, 1.807) is 47.4 Å². The molecule has 1 aliphatic heterocycles. The molecule has 1 fully saturated rings. The molecule has 1 saturated heterocycles. The summed E-state index contributed by atoms with van der Waals surface area (Å²) in [6, 6.07) is 11.5. The second kappa shape index (κ2) is 8.41. The zero-order valence-corrected chi connectivity index (χ0v) is 14.9. The molecule has 0 radical (unpaired) electrons. The molecule has 0 spiro atoms. The first-order chi connectivity index (χ1) is 13.0. The van der Waals surface area contributed by atoms with Gasteiger partial charge in [0.2, 0.25) is 5.91 Å². The summed E-state index contributed by atoms with van der Waals surface area (Å²) in [4.78, 5) is 42.0. The summed E-state index contributed by atoms with van der Waals surface area (Å²) in [6.07, 6.45) is 0. The first kappa shape index (κ1) is 18.5. The predicted molar refractivity (Wildman–Crippen MR) is 99.7 cm³/mol. The minimum Gasteiger partial charge on any atom is -0.378 e. The van der Waals surface area contributed by atoms with Crippen molar-refractivity contribution in [3.63, 3.8) is 0 Å². The average molecular weight is 368 g/mol. The Morgan fingerprint density at radius 3 is 2.30 bits per heavy atom. The van der Waals surface area contributed by atoms with Crippen LogP contribution in [0.15, 0.2) is 42.5 Å². The fraction of sp³-hybridized carbons (Fsp3) is 0.263. The van der Waals surface area contributed by atoms with Crippen molar-refractivity contribution in [3.05, 3.63) is 53.9 Å². The van der Waals surface area contributed by atoms with Crippen molar-refractivity contribution in [2.45, 2.75) is 6.92 Å². The predicted octanol–water partition coefficient (Wildman–Crippen LogP) is 1.76. The van der Waals surface area contributed by atoms with Gasteiger partial charge in [0.05, 0.1) is 13.2 Å². The van der Waals surface area contributed by atoms with E-state index in [4.69, 9.17) is 4.74 Å². The number of carbonyl (C=O) groups excluding carboxylic acids is 3. The van der Waals surface area contributed by atoms with Gasteiger partial charge in [-0.2, -0.15) is 0 Å². The van der Waals surface area contributed by atoms with E-state index in [1.165, 1.54) is 6.92 Å². The number of pyridine rings is 1. The molecule has 0 saturated carbocycles. The molecular formula is C19H20N4O4. The Hall–Kier alpha value is -3.26. The van der Waals surface area contributed by atoms with Crippen LogP contribution >= 0.6 is 0 Å². The Bertz CT molecular complexity index is 862. The van der Waals surface area contributed by atoms with Gasteiger partial charge in [0.1, 0.15) is 11.4 Å². The van der Waals surface area contributed by atoms with Crippen molar-refractivity contribution in [2.24, 2.45) is 0 Å². The number of carbonyl (C=O) groups is 3. The van der Waals surface area contributed by atoms with Crippen LogP contribution in [0.5, 0.6) is 0 Å². The Labute approximate surface area is 156 Å². The number of hydrogen-bond donors (Lipinski definition) is 2. The summed E-state index contributed by atoms with van der Waals surface area (Å²) in [7, 11) is 0. The van der Waals surface area contributed by atoms with Crippen molar-refractivity contribution < 1.29 is 19.1 Å². The number of ether oxygens (including phenoxy) is 1. The molecule has 1 aliphatic rings. The van der Waals surface area contributed by atoms with Gasteiger partial charge in [0, 0.05) is 31.4 Å². The molecule has 0 unspecified atom stereocenters. The van der Waals surface area contributed by atoms with E-state index in [2.05, 4.69) is 15.6 Å². The minimum atomic E-state index is -0.438. The monoisotopic (exact) mass is 368 g/mol. The molecule has 2 heterocycles. The number of nitrogens with one attached hydrogen (secondary N) is 2. The number of hydrogen-bond acceptors (Lipinski definition) is 5. The zero-order chi connectivity index (χ0) is 19.2. The summed E-state index contributed by atoms with van der Waals surface area (Å²) < 4.78 is 5.24. The summed E-state index contributed by atoms with van der Waals surface area (Å²) in [6.45, 7) is 3.42. The third-order valence-electron chi connectivity index (χ3n) is 3.94. The van der Waals surface area contributed by atoms with Gasteiger partial charge in [-0.05, 0) is 30.3 Å². The highest BCUT2D eigenvalue weighted by molar-refractivity contribution is 6.04. The maximum absolute atomic E-state index is 12.5. The molecule has 0 bridgehead atoms. The van der Waals surface area contributed by atoms with E-state index in [0.29, 0.717) is 37.7 Å². The quantitative estimate of drug-likeness (QED) is 0.857. The summed E-state index contributed by atoms with van der Waals surface area (Å²) >= 11 is 0. The SMILES string of the molecule is CC(=O)Nc1cccc(NC(=O)c2cccc(C(=O)N3CCOCC3)n2)c1. The summed E-state index contributed by atoms with van der Waals surface area (Å²) in [5.41, 5.74) is 1.44. The highest BCUT2D eigenvalue weighted by Crippen LogP contribution is 2.16. The van der Waals surface area contributed by atoms with Gasteiger partial charge in [0.15, 0.2) is 0 Å². The number of anilines is 2. The van der Waals surface area contributed by atoms with E-state index in [-0.39, 0.29) is 23.2 Å². The topological polar surface area (TPSA) is 101 Å². The van der Waals surface area contributed by atoms with Gasteiger partial charge in [-0.1, -0.05) is 12.1 Å². The second-order valence-electron chi connectivity index (χ2n) is 6.03. The van der Waals surface area contributed by atoms with Crippen molar-refractivity contribution in [3.8, 4) is 0 Å². The highest BCUT2D eigenvalue weighted by Gasteiger charge is 2.20. The second-order valence-corrected chi connectivity index (χ2v) is 6.03.